The zero-order chi connectivity index (χ0) is 11.6. The zero-order valence-corrected chi connectivity index (χ0v) is 8.60. The minimum Gasteiger partial charge on any atom is -0.467 e. The summed E-state index contributed by atoms with van der Waals surface area (Å²) in [5.41, 5.74) is 0. The van der Waals surface area contributed by atoms with Crippen LogP contribution in [-0.2, 0) is 19.1 Å². The van der Waals surface area contributed by atoms with Crippen molar-refractivity contribution in [1.82, 2.24) is 4.90 Å². The fourth-order valence-electron chi connectivity index (χ4n) is 1.53. The molecule has 0 aromatic rings. The van der Waals surface area contributed by atoms with Crippen LogP contribution in [0, 0.1) is 5.92 Å². The van der Waals surface area contributed by atoms with Gasteiger partial charge in [-0.3, -0.25) is 14.5 Å². The minimum atomic E-state index is -1.21. The molecular weight excluding hydrogens is 202 g/mol. The fourth-order valence-corrected chi connectivity index (χ4v) is 1.53. The lowest BCUT2D eigenvalue weighted by Gasteiger charge is -2.22. The normalized spacial score (nSPS) is 23.1. The first-order valence-electron chi connectivity index (χ1n) is 4.57. The Bertz CT molecular complexity index is 301. The standard InChI is InChI=1S/C9H13NO5/c1-5-3-7(12)10(8(5)13)6(4-11)9(14)15-2/h5-6,11H,3-4H2,1-2H3/t5-,6+/m1/s1. The van der Waals surface area contributed by atoms with E-state index in [-0.39, 0.29) is 6.42 Å². The van der Waals surface area contributed by atoms with Crippen LogP contribution in [0.4, 0.5) is 0 Å². The lowest BCUT2D eigenvalue weighted by molar-refractivity contribution is -0.158. The number of ether oxygens (including phenoxy) is 1. The van der Waals surface area contributed by atoms with Gasteiger partial charge < -0.3 is 9.84 Å². The molecule has 2 atom stereocenters. The van der Waals surface area contributed by atoms with Gasteiger partial charge in [-0.2, -0.15) is 0 Å². The maximum absolute atomic E-state index is 11.5. The average molecular weight is 215 g/mol. The van der Waals surface area contributed by atoms with E-state index < -0.39 is 36.4 Å². The third kappa shape index (κ3) is 1.99. The van der Waals surface area contributed by atoms with Gasteiger partial charge in [0.1, 0.15) is 0 Å². The first-order chi connectivity index (χ1) is 7.02. The molecule has 1 saturated heterocycles. The van der Waals surface area contributed by atoms with E-state index in [2.05, 4.69) is 4.74 Å². The highest BCUT2D eigenvalue weighted by Gasteiger charge is 2.42. The van der Waals surface area contributed by atoms with E-state index in [9.17, 15) is 14.4 Å². The molecule has 15 heavy (non-hydrogen) atoms. The van der Waals surface area contributed by atoms with Crippen LogP contribution in [0.25, 0.3) is 0 Å². The first-order valence-corrected chi connectivity index (χ1v) is 4.57. The zero-order valence-electron chi connectivity index (χ0n) is 8.60. The Labute approximate surface area is 86.8 Å². The number of methoxy groups -OCH3 is 1. The molecule has 1 heterocycles. The second kappa shape index (κ2) is 4.39. The number of carbonyl (C=O) groups excluding carboxylic acids is 3. The number of aliphatic hydroxyl groups is 1. The van der Waals surface area contributed by atoms with Gasteiger partial charge in [0.15, 0.2) is 6.04 Å². The first kappa shape index (κ1) is 11.6. The molecule has 1 rings (SSSR count). The molecule has 0 bridgehead atoms. The molecule has 0 saturated carbocycles. The molecule has 0 radical (unpaired) electrons. The van der Waals surface area contributed by atoms with E-state index in [0.717, 1.165) is 12.0 Å². The van der Waals surface area contributed by atoms with Crippen LogP contribution < -0.4 is 0 Å². The van der Waals surface area contributed by atoms with Crippen LogP contribution >= 0.6 is 0 Å². The Balaban J connectivity index is 2.89. The number of carbonyl (C=O) groups is 3. The summed E-state index contributed by atoms with van der Waals surface area (Å²) in [5.74, 6) is -2.11. The van der Waals surface area contributed by atoms with Gasteiger partial charge in [-0.25, -0.2) is 4.79 Å². The number of esters is 1. The van der Waals surface area contributed by atoms with Crippen LogP contribution in [-0.4, -0.2) is 47.5 Å². The summed E-state index contributed by atoms with van der Waals surface area (Å²) < 4.78 is 4.40. The maximum atomic E-state index is 11.5. The smallest absolute Gasteiger partial charge is 0.331 e. The molecule has 1 N–H and O–H groups in total. The minimum absolute atomic E-state index is 0.0757. The number of likely N-dealkylation sites (tertiary alicyclic amines) is 1. The van der Waals surface area contributed by atoms with E-state index in [1.165, 1.54) is 0 Å². The van der Waals surface area contributed by atoms with Crippen molar-refractivity contribution >= 4 is 17.8 Å². The molecule has 0 aliphatic carbocycles. The third-order valence-corrected chi connectivity index (χ3v) is 2.37. The molecule has 0 unspecified atom stereocenters. The summed E-state index contributed by atoms with van der Waals surface area (Å²) >= 11 is 0. The van der Waals surface area contributed by atoms with Gasteiger partial charge in [0.05, 0.1) is 13.7 Å². The molecule has 0 aromatic heterocycles. The highest BCUT2D eigenvalue weighted by molar-refractivity contribution is 6.06. The van der Waals surface area contributed by atoms with Crippen molar-refractivity contribution < 1.29 is 24.2 Å². The molecule has 6 heteroatoms. The largest absolute Gasteiger partial charge is 0.467 e. The predicted molar refractivity (Wildman–Crippen MR) is 48.5 cm³/mol. The van der Waals surface area contributed by atoms with Crippen molar-refractivity contribution in [2.45, 2.75) is 19.4 Å². The molecule has 84 valence electrons. The predicted octanol–water partition coefficient (Wildman–Crippen LogP) is -1.08. The molecular formula is C9H13NO5. The van der Waals surface area contributed by atoms with Crippen LogP contribution in [0.1, 0.15) is 13.3 Å². The molecule has 0 spiro atoms. The third-order valence-electron chi connectivity index (χ3n) is 2.37. The van der Waals surface area contributed by atoms with E-state index in [1.54, 1.807) is 6.92 Å². The fraction of sp³-hybridized carbons (Fsp3) is 0.667. The number of rotatable bonds is 3. The summed E-state index contributed by atoms with van der Waals surface area (Å²) in [6, 6.07) is -1.21. The second-order valence-corrected chi connectivity index (χ2v) is 3.43. The van der Waals surface area contributed by atoms with Crippen LogP contribution in [0.15, 0.2) is 0 Å². The van der Waals surface area contributed by atoms with E-state index in [4.69, 9.17) is 5.11 Å². The summed E-state index contributed by atoms with van der Waals surface area (Å²) in [6.07, 6.45) is 0.0757. The maximum Gasteiger partial charge on any atom is 0.331 e. The van der Waals surface area contributed by atoms with Crippen LogP contribution in [0.2, 0.25) is 0 Å². The lowest BCUT2D eigenvalue weighted by Crippen LogP contribution is -2.47. The Hall–Kier alpha value is -1.43. The Morgan fingerprint density at radius 2 is 2.27 bits per heavy atom. The van der Waals surface area contributed by atoms with Crippen LogP contribution in [0.3, 0.4) is 0 Å². The summed E-state index contributed by atoms with van der Waals surface area (Å²) in [6.45, 7) is 0.989. The van der Waals surface area contributed by atoms with Crippen molar-refractivity contribution in [2.75, 3.05) is 13.7 Å². The van der Waals surface area contributed by atoms with Gasteiger partial charge in [0.25, 0.3) is 0 Å². The summed E-state index contributed by atoms with van der Waals surface area (Å²) in [5, 5.41) is 8.96. The number of aliphatic hydroxyl groups excluding tert-OH is 1. The van der Waals surface area contributed by atoms with Gasteiger partial charge in [0, 0.05) is 12.3 Å². The number of amides is 2. The molecule has 6 nitrogen and oxygen atoms in total. The molecule has 2 amide bonds. The summed E-state index contributed by atoms with van der Waals surface area (Å²) in [7, 11) is 1.14. The number of hydrogen-bond acceptors (Lipinski definition) is 5. The van der Waals surface area contributed by atoms with Crippen molar-refractivity contribution in [3.8, 4) is 0 Å². The molecule has 1 aliphatic rings. The number of imide groups is 1. The Kier molecular flexibility index (Phi) is 3.41. The van der Waals surface area contributed by atoms with E-state index >= 15 is 0 Å². The molecule has 0 aromatic carbocycles. The highest BCUT2D eigenvalue weighted by Crippen LogP contribution is 2.21. The van der Waals surface area contributed by atoms with Crippen molar-refractivity contribution in [2.24, 2.45) is 5.92 Å². The van der Waals surface area contributed by atoms with Gasteiger partial charge in [-0.05, 0) is 0 Å². The SMILES string of the molecule is COC(=O)[C@H](CO)N1C(=O)C[C@@H](C)C1=O. The summed E-state index contributed by atoms with van der Waals surface area (Å²) in [4.78, 5) is 34.9. The van der Waals surface area contributed by atoms with Crippen molar-refractivity contribution in [3.63, 3.8) is 0 Å². The van der Waals surface area contributed by atoms with E-state index in [0.29, 0.717) is 0 Å². The topological polar surface area (TPSA) is 83.9 Å². The van der Waals surface area contributed by atoms with Crippen LogP contribution in [0.5, 0.6) is 0 Å². The number of hydrogen-bond donors (Lipinski definition) is 1. The molecule has 1 aliphatic heterocycles. The Morgan fingerprint density at radius 1 is 1.67 bits per heavy atom. The monoisotopic (exact) mass is 215 g/mol. The quantitative estimate of drug-likeness (QED) is 0.478. The van der Waals surface area contributed by atoms with Gasteiger partial charge in [-0.15, -0.1) is 0 Å². The van der Waals surface area contributed by atoms with Gasteiger partial charge >= 0.3 is 5.97 Å². The van der Waals surface area contributed by atoms with Crippen molar-refractivity contribution in [1.29, 1.82) is 0 Å². The average Bonchev–Trinajstić information content (AvgIpc) is 2.45. The van der Waals surface area contributed by atoms with Gasteiger partial charge in [-0.1, -0.05) is 6.92 Å². The highest BCUT2D eigenvalue weighted by atomic mass is 16.5. The lowest BCUT2D eigenvalue weighted by atomic mass is 10.1. The molecule has 1 fully saturated rings. The van der Waals surface area contributed by atoms with Crippen molar-refractivity contribution in [3.05, 3.63) is 0 Å². The van der Waals surface area contributed by atoms with E-state index in [1.807, 2.05) is 0 Å². The van der Waals surface area contributed by atoms with Gasteiger partial charge in [0.2, 0.25) is 11.8 Å². The number of nitrogens with zero attached hydrogens (tertiary/aromatic N) is 1. The Morgan fingerprint density at radius 3 is 2.60 bits per heavy atom. The second-order valence-electron chi connectivity index (χ2n) is 3.43.